The Bertz CT molecular complexity index is 209. The highest BCUT2D eigenvalue weighted by Crippen LogP contribution is 2.55. The maximum atomic E-state index is 10.5. The van der Waals surface area contributed by atoms with Gasteiger partial charge in [-0.2, -0.15) is 0 Å². The summed E-state index contributed by atoms with van der Waals surface area (Å²) >= 11 is 5.03. The van der Waals surface area contributed by atoms with Gasteiger partial charge < -0.3 is 9.42 Å². The molecule has 0 aromatic heterocycles. The van der Waals surface area contributed by atoms with E-state index in [1.54, 1.807) is 0 Å². The molecule has 0 amide bonds. The maximum absolute atomic E-state index is 10.5. The molecular weight excluding hydrogens is 230 g/mol. The molecule has 1 N–H and O–H groups in total. The molecule has 0 aromatic rings. The summed E-state index contributed by atoms with van der Waals surface area (Å²) in [7, 11) is -3.00. The predicted octanol–water partition coefficient (Wildman–Crippen LogP) is 2.35. The molecule has 4 nitrogen and oxygen atoms in total. The van der Waals surface area contributed by atoms with Crippen LogP contribution in [0.2, 0.25) is 0 Å². The second-order valence-corrected chi connectivity index (χ2v) is 7.24. The Morgan fingerprint density at radius 1 is 1.69 bits per heavy atom. The van der Waals surface area contributed by atoms with Gasteiger partial charge in [0.25, 0.3) is 0 Å². The minimum atomic E-state index is -3.00. The molecule has 79 valence electrons. The van der Waals surface area contributed by atoms with Crippen molar-refractivity contribution in [3.8, 4) is 0 Å². The Morgan fingerprint density at radius 2 is 2.31 bits per heavy atom. The first-order valence-electron chi connectivity index (χ1n) is 3.99. The summed E-state index contributed by atoms with van der Waals surface area (Å²) in [6.07, 6.45) is 1.81. The molecule has 2 atom stereocenters. The first-order chi connectivity index (χ1) is 6.04. The zero-order valence-electron chi connectivity index (χ0n) is 7.56. The van der Waals surface area contributed by atoms with Gasteiger partial charge in [-0.15, -0.1) is 0 Å². The Balaban J connectivity index is 4.16. The molecule has 0 aromatic carbocycles. The molecule has 13 heavy (non-hydrogen) atoms. The van der Waals surface area contributed by atoms with E-state index in [4.69, 9.17) is 25.5 Å². The summed E-state index contributed by atoms with van der Waals surface area (Å²) < 4.78 is 20.5. The monoisotopic (exact) mass is 245 g/mol. The van der Waals surface area contributed by atoms with Crippen LogP contribution in [0.25, 0.3) is 0 Å². The van der Waals surface area contributed by atoms with Gasteiger partial charge in [-0.1, -0.05) is 13.8 Å². The largest absolute Gasteiger partial charge is 0.329 e. The van der Waals surface area contributed by atoms with Gasteiger partial charge in [0.15, 0.2) is 6.49 Å². The summed E-state index contributed by atoms with van der Waals surface area (Å²) in [5, 5.41) is 0. The lowest BCUT2D eigenvalue weighted by atomic mass is 10.5. The van der Waals surface area contributed by atoms with Crippen molar-refractivity contribution in [2.45, 2.75) is 19.8 Å². The summed E-state index contributed by atoms with van der Waals surface area (Å²) in [6, 6.07) is 0. The molecule has 0 saturated heterocycles. The second kappa shape index (κ2) is 7.10. The predicted molar refractivity (Wildman–Crippen MR) is 57.7 cm³/mol. The molecule has 7 heteroatoms. The van der Waals surface area contributed by atoms with Gasteiger partial charge >= 0.3 is 8.25 Å². The van der Waals surface area contributed by atoms with E-state index in [1.807, 2.05) is 6.92 Å². The van der Waals surface area contributed by atoms with Gasteiger partial charge in [0.05, 0.1) is 6.61 Å². The fourth-order valence-corrected chi connectivity index (χ4v) is 4.37. The molecule has 0 spiro atoms. The van der Waals surface area contributed by atoms with Crippen LogP contribution < -0.4 is 0 Å². The Kier molecular flexibility index (Phi) is 7.52. The van der Waals surface area contributed by atoms with E-state index >= 15 is 0 Å². The lowest BCUT2D eigenvalue weighted by Crippen LogP contribution is -1.96. The van der Waals surface area contributed by atoms with Crippen molar-refractivity contribution >= 4 is 26.6 Å². The van der Waals surface area contributed by atoms with Crippen LogP contribution in [0.1, 0.15) is 19.8 Å². The van der Waals surface area contributed by atoms with Gasteiger partial charge in [0, 0.05) is 6.16 Å². The van der Waals surface area contributed by atoms with Crippen molar-refractivity contribution in [3.05, 3.63) is 6.92 Å². The molecule has 0 heterocycles. The molecule has 0 bridgehead atoms. The van der Waals surface area contributed by atoms with E-state index in [-0.39, 0.29) is 0 Å². The van der Waals surface area contributed by atoms with Gasteiger partial charge in [0.1, 0.15) is 0 Å². The lowest BCUT2D eigenvalue weighted by Gasteiger charge is -2.19. The van der Waals surface area contributed by atoms with Gasteiger partial charge in [-0.25, -0.2) is 0 Å². The SMILES string of the molecule is [CH2]CCP(=S)(OCCC)O[PH](=O)O. The topological polar surface area (TPSA) is 55.8 Å². The number of hydrogen-bond acceptors (Lipinski definition) is 4. The smallest absolute Gasteiger partial charge is 0.322 e. The fourth-order valence-electron chi connectivity index (χ4n) is 0.680. The number of hydrogen-bond donors (Lipinski definition) is 1. The first kappa shape index (κ1) is 13.8. The van der Waals surface area contributed by atoms with Crippen LogP contribution in [-0.2, 0) is 25.2 Å². The Labute approximate surface area is 84.8 Å². The minimum absolute atomic E-state index is 0.444. The summed E-state index contributed by atoms with van der Waals surface area (Å²) in [5.74, 6) is 0. The van der Waals surface area contributed by atoms with E-state index in [1.165, 1.54) is 0 Å². The van der Waals surface area contributed by atoms with Crippen LogP contribution in [0.15, 0.2) is 0 Å². The highest BCUT2D eigenvalue weighted by atomic mass is 32.5. The van der Waals surface area contributed by atoms with E-state index in [9.17, 15) is 4.57 Å². The molecule has 0 fully saturated rings. The van der Waals surface area contributed by atoms with Crippen molar-refractivity contribution in [3.63, 3.8) is 0 Å². The molecule has 0 aliphatic carbocycles. The number of rotatable bonds is 7. The van der Waals surface area contributed by atoms with Crippen molar-refractivity contribution in [1.82, 2.24) is 0 Å². The fraction of sp³-hybridized carbons (Fsp3) is 0.833. The third-order valence-corrected chi connectivity index (χ3v) is 5.85. The molecule has 0 aliphatic rings. The third-order valence-electron chi connectivity index (χ3n) is 1.14. The van der Waals surface area contributed by atoms with Crippen LogP contribution in [0.5, 0.6) is 0 Å². The average molecular weight is 245 g/mol. The maximum Gasteiger partial charge on any atom is 0.322 e. The van der Waals surface area contributed by atoms with Crippen molar-refractivity contribution in [1.29, 1.82) is 0 Å². The van der Waals surface area contributed by atoms with E-state index in [0.29, 0.717) is 19.2 Å². The van der Waals surface area contributed by atoms with Gasteiger partial charge in [-0.05, 0) is 24.6 Å². The summed E-state index contributed by atoms with van der Waals surface area (Å²) in [4.78, 5) is 8.60. The second-order valence-electron chi connectivity index (χ2n) is 2.38. The Morgan fingerprint density at radius 3 is 2.69 bits per heavy atom. The highest BCUT2D eigenvalue weighted by Gasteiger charge is 2.19. The van der Waals surface area contributed by atoms with Crippen LogP contribution in [0.3, 0.4) is 0 Å². The van der Waals surface area contributed by atoms with E-state index in [2.05, 4.69) is 6.92 Å². The zero-order chi connectivity index (χ0) is 10.3. The van der Waals surface area contributed by atoms with Gasteiger partial charge in [0.2, 0.25) is 0 Å². The quantitative estimate of drug-likeness (QED) is 0.698. The van der Waals surface area contributed by atoms with E-state index in [0.717, 1.165) is 6.42 Å². The van der Waals surface area contributed by atoms with Crippen LogP contribution in [0, 0.1) is 6.92 Å². The summed E-state index contributed by atoms with van der Waals surface area (Å²) in [5.41, 5.74) is 0. The van der Waals surface area contributed by atoms with Crippen LogP contribution in [-0.4, -0.2) is 17.7 Å². The van der Waals surface area contributed by atoms with Crippen LogP contribution in [0.4, 0.5) is 0 Å². The lowest BCUT2D eigenvalue weighted by molar-refractivity contribution is 0.303. The molecule has 1 radical (unpaired) electrons. The first-order valence-corrected chi connectivity index (χ1v) is 8.08. The molecular formula is C6H15O4P2S. The van der Waals surface area contributed by atoms with Gasteiger partial charge in [-0.3, -0.25) is 8.88 Å². The van der Waals surface area contributed by atoms with E-state index < -0.39 is 14.7 Å². The molecule has 0 aliphatic heterocycles. The van der Waals surface area contributed by atoms with Crippen molar-refractivity contribution in [2.75, 3.05) is 12.8 Å². The highest BCUT2D eigenvalue weighted by molar-refractivity contribution is 8.10. The van der Waals surface area contributed by atoms with Crippen LogP contribution >= 0.6 is 14.7 Å². The minimum Gasteiger partial charge on any atom is -0.329 e. The normalized spacial score (nSPS) is 18.1. The summed E-state index contributed by atoms with van der Waals surface area (Å²) in [6.45, 7) is 3.48. The Hall–Kier alpha value is 0.760. The zero-order valence-corrected chi connectivity index (χ0v) is 10.3. The third kappa shape index (κ3) is 6.78. The molecule has 2 unspecified atom stereocenters. The molecule has 0 rings (SSSR count). The average Bonchev–Trinajstić information content (AvgIpc) is 2.00. The van der Waals surface area contributed by atoms with Crippen molar-refractivity contribution in [2.24, 2.45) is 0 Å². The molecule has 0 saturated carbocycles. The van der Waals surface area contributed by atoms with Crippen molar-refractivity contribution < 1.29 is 18.3 Å². The standard InChI is InChI=1S/C6H15O4P2S/c1-3-5-9-12(13,6-4-2)10-11(7)8/h11H,2-6H2,1H3,(H,7,8).